The summed E-state index contributed by atoms with van der Waals surface area (Å²) in [5, 5.41) is 5.12. The maximum Gasteiger partial charge on any atom is 0.241 e. The predicted molar refractivity (Wildman–Crippen MR) is 158 cm³/mol. The van der Waals surface area contributed by atoms with Crippen LogP contribution in [0.5, 0.6) is 5.75 Å². The first-order valence-electron chi connectivity index (χ1n) is 13.3. The van der Waals surface area contributed by atoms with Crippen LogP contribution in [0.2, 0.25) is 0 Å². The summed E-state index contributed by atoms with van der Waals surface area (Å²) >= 11 is 0. The van der Waals surface area contributed by atoms with Crippen LogP contribution in [0.4, 0.5) is 0 Å². The smallest absolute Gasteiger partial charge is 0.241 e. The summed E-state index contributed by atoms with van der Waals surface area (Å²) in [4.78, 5) is 14.8. The second-order valence-electron chi connectivity index (χ2n) is 10.0. The summed E-state index contributed by atoms with van der Waals surface area (Å²) in [6, 6.07) is 18.8. The molecule has 3 aromatic carbocycles. The van der Waals surface area contributed by atoms with Crippen molar-refractivity contribution in [3.8, 4) is 5.75 Å². The van der Waals surface area contributed by atoms with E-state index in [1.807, 2.05) is 30.3 Å². The number of hydrogen-bond donors (Lipinski definition) is 2. The monoisotopic (exact) mass is 569 g/mol. The Morgan fingerprint density at radius 2 is 1.82 bits per heavy atom. The number of aryl methyl sites for hydroxylation is 1. The van der Waals surface area contributed by atoms with Gasteiger partial charge in [-0.15, -0.1) is 12.4 Å². The largest absolute Gasteiger partial charge is 0.497 e. The second kappa shape index (κ2) is 13.0. The second-order valence-corrected chi connectivity index (χ2v) is 11.8. The first kappa shape index (κ1) is 29.1. The molecule has 0 spiro atoms. The number of amides is 1. The van der Waals surface area contributed by atoms with E-state index >= 15 is 0 Å². The van der Waals surface area contributed by atoms with Crippen molar-refractivity contribution in [2.45, 2.75) is 30.6 Å². The Balaban J connectivity index is 0.00000353. The third kappa shape index (κ3) is 6.81. The molecular weight excluding hydrogens is 534 g/mol. The molecule has 1 amide bonds. The van der Waals surface area contributed by atoms with E-state index in [-0.39, 0.29) is 29.8 Å². The van der Waals surface area contributed by atoms with Crippen molar-refractivity contribution >= 4 is 44.7 Å². The maximum absolute atomic E-state index is 12.9. The van der Waals surface area contributed by atoms with Crippen LogP contribution in [-0.2, 0) is 21.2 Å². The molecule has 0 radical (unpaired) electrons. The van der Waals surface area contributed by atoms with Gasteiger partial charge in [-0.25, -0.2) is 13.1 Å². The van der Waals surface area contributed by atoms with E-state index in [0.29, 0.717) is 24.4 Å². The molecule has 1 aliphatic heterocycles. The minimum atomic E-state index is -3.80. The van der Waals surface area contributed by atoms with Gasteiger partial charge in [-0.1, -0.05) is 48.5 Å². The number of fused-ring (bicyclic) bond motifs is 2. The fourth-order valence-corrected chi connectivity index (χ4v) is 6.65. The molecule has 0 unspecified atom stereocenters. The van der Waals surface area contributed by atoms with Gasteiger partial charge in [-0.2, -0.15) is 0 Å². The molecule has 0 atom stereocenters. The number of rotatable bonds is 9. The predicted octanol–water partition coefficient (Wildman–Crippen LogP) is 4.41. The molecule has 1 heterocycles. The fourth-order valence-electron chi connectivity index (χ4n) is 5.45. The molecule has 5 rings (SSSR count). The molecule has 9 heteroatoms. The number of piperidine rings is 1. The minimum Gasteiger partial charge on any atom is -0.497 e. The van der Waals surface area contributed by atoms with Crippen molar-refractivity contribution in [1.29, 1.82) is 0 Å². The number of halogens is 1. The number of likely N-dealkylation sites (tertiary alicyclic amines) is 1. The molecule has 2 N–H and O–H groups in total. The number of carbonyl (C=O) groups excluding carboxylic acids is 1. The maximum atomic E-state index is 12.9. The molecule has 1 saturated heterocycles. The van der Waals surface area contributed by atoms with Crippen molar-refractivity contribution in [2.24, 2.45) is 5.92 Å². The zero-order valence-corrected chi connectivity index (χ0v) is 23.8. The lowest BCUT2D eigenvalue weighted by Crippen LogP contribution is -2.45. The van der Waals surface area contributed by atoms with E-state index in [1.54, 1.807) is 30.2 Å². The van der Waals surface area contributed by atoms with Crippen LogP contribution < -0.4 is 14.8 Å². The van der Waals surface area contributed by atoms with Crippen LogP contribution in [0.1, 0.15) is 30.4 Å². The van der Waals surface area contributed by atoms with E-state index in [9.17, 15) is 13.2 Å². The van der Waals surface area contributed by atoms with Crippen LogP contribution in [-0.4, -0.2) is 59.1 Å². The highest BCUT2D eigenvalue weighted by Gasteiger charge is 2.25. The summed E-state index contributed by atoms with van der Waals surface area (Å²) in [7, 11) is -2.10. The topological polar surface area (TPSA) is 87.7 Å². The number of nitrogens with one attached hydrogen (secondary N) is 2. The summed E-state index contributed by atoms with van der Waals surface area (Å²) in [6.45, 7) is 2.76. The van der Waals surface area contributed by atoms with Crippen LogP contribution in [0.3, 0.4) is 0 Å². The molecule has 0 saturated carbocycles. The Morgan fingerprint density at radius 3 is 2.62 bits per heavy atom. The van der Waals surface area contributed by atoms with Gasteiger partial charge >= 0.3 is 0 Å². The number of hydrogen-bond acceptors (Lipinski definition) is 5. The molecule has 0 bridgehead atoms. The standard InChI is InChI=1S/C30H35N3O4S.ClH/c1-37-26-13-12-24-7-4-9-25(28(24)18-26)20-31-19-22-14-16-33(17-15-22)30(34)21-32-38(35,36)29-11-5-8-23-6-2-3-10-27(23)29;/h2-3,5-6,8-13,18,22,31-32H,4,7,14-17,19-21H2,1H3;1H. The summed E-state index contributed by atoms with van der Waals surface area (Å²) in [6.07, 6.45) is 6.24. The summed E-state index contributed by atoms with van der Waals surface area (Å²) < 4.78 is 33.8. The number of sulfonamides is 1. The van der Waals surface area contributed by atoms with Crippen molar-refractivity contribution in [3.05, 3.63) is 77.9 Å². The van der Waals surface area contributed by atoms with Crippen molar-refractivity contribution < 1.29 is 17.9 Å². The number of benzene rings is 3. The number of ether oxygens (including phenoxy) is 1. The highest BCUT2D eigenvalue weighted by atomic mass is 35.5. The zero-order valence-electron chi connectivity index (χ0n) is 22.2. The molecule has 3 aromatic rings. The fraction of sp³-hybridized carbons (Fsp3) is 0.367. The van der Waals surface area contributed by atoms with Gasteiger partial charge in [0.2, 0.25) is 15.9 Å². The van der Waals surface area contributed by atoms with E-state index in [0.717, 1.165) is 49.9 Å². The van der Waals surface area contributed by atoms with Crippen LogP contribution in [0.25, 0.3) is 16.3 Å². The quantitative estimate of drug-likeness (QED) is 0.399. The van der Waals surface area contributed by atoms with Crippen LogP contribution in [0.15, 0.2) is 71.6 Å². The number of carbonyl (C=O) groups is 1. The molecule has 39 heavy (non-hydrogen) atoms. The lowest BCUT2D eigenvalue weighted by molar-refractivity contribution is -0.131. The van der Waals surface area contributed by atoms with E-state index in [4.69, 9.17) is 4.74 Å². The lowest BCUT2D eigenvalue weighted by atomic mass is 9.90. The van der Waals surface area contributed by atoms with Gasteiger partial charge in [-0.3, -0.25) is 4.79 Å². The van der Waals surface area contributed by atoms with Gasteiger partial charge in [0.1, 0.15) is 5.75 Å². The first-order chi connectivity index (χ1) is 18.4. The minimum absolute atomic E-state index is 0. The normalized spacial score (nSPS) is 15.8. The van der Waals surface area contributed by atoms with Gasteiger partial charge in [-0.05, 0) is 78.4 Å². The van der Waals surface area contributed by atoms with E-state index in [1.165, 1.54) is 16.7 Å². The SMILES string of the molecule is COc1ccc2c(c1)C(CNCC1CCN(C(=O)CNS(=O)(=O)c3cccc4ccccc34)CC1)=CCC2.Cl. The summed E-state index contributed by atoms with van der Waals surface area (Å²) in [5.41, 5.74) is 3.96. The lowest BCUT2D eigenvalue weighted by Gasteiger charge is -2.32. The zero-order chi connectivity index (χ0) is 26.5. The number of allylic oxidation sites excluding steroid dienone is 1. The molecule has 208 valence electrons. The van der Waals surface area contributed by atoms with Gasteiger partial charge < -0.3 is 15.0 Å². The molecule has 1 fully saturated rings. The highest BCUT2D eigenvalue weighted by molar-refractivity contribution is 7.89. The van der Waals surface area contributed by atoms with E-state index < -0.39 is 10.0 Å². The Kier molecular flexibility index (Phi) is 9.67. The van der Waals surface area contributed by atoms with Crippen molar-refractivity contribution in [1.82, 2.24) is 14.9 Å². The highest BCUT2D eigenvalue weighted by Crippen LogP contribution is 2.29. The Morgan fingerprint density at radius 1 is 1.05 bits per heavy atom. The van der Waals surface area contributed by atoms with Crippen LogP contribution in [0, 0.1) is 5.92 Å². The third-order valence-corrected chi connectivity index (χ3v) is 9.10. The number of methoxy groups -OCH3 is 1. The number of nitrogens with zero attached hydrogens (tertiary/aromatic N) is 1. The van der Waals surface area contributed by atoms with Crippen LogP contribution >= 0.6 is 12.4 Å². The molecule has 0 aromatic heterocycles. The van der Waals surface area contributed by atoms with Gasteiger partial charge in [0.15, 0.2) is 0 Å². The molecular formula is C30H36ClN3O4S. The average molecular weight is 570 g/mol. The van der Waals surface area contributed by atoms with Gasteiger partial charge in [0.25, 0.3) is 0 Å². The van der Waals surface area contributed by atoms with Gasteiger partial charge in [0, 0.05) is 25.0 Å². The Labute approximate surface area is 237 Å². The first-order valence-corrected chi connectivity index (χ1v) is 14.7. The third-order valence-electron chi connectivity index (χ3n) is 7.64. The average Bonchev–Trinajstić information content (AvgIpc) is 2.96. The van der Waals surface area contributed by atoms with Crippen molar-refractivity contribution in [3.63, 3.8) is 0 Å². The van der Waals surface area contributed by atoms with Gasteiger partial charge in [0.05, 0.1) is 18.6 Å². The molecule has 1 aliphatic carbocycles. The molecule has 2 aliphatic rings. The van der Waals surface area contributed by atoms with E-state index in [2.05, 4.69) is 28.2 Å². The Hall–Kier alpha value is -2.91. The van der Waals surface area contributed by atoms with Crippen molar-refractivity contribution in [2.75, 3.05) is 39.8 Å². The summed E-state index contributed by atoms with van der Waals surface area (Å²) in [5.74, 6) is 1.19. The molecule has 7 nitrogen and oxygen atoms in total. The Bertz CT molecular complexity index is 1440.